The molecule has 0 saturated carbocycles. The van der Waals surface area contributed by atoms with E-state index in [1.165, 1.54) is 24.1 Å². The zero-order chi connectivity index (χ0) is 17.3. The first-order chi connectivity index (χ1) is 11.5. The van der Waals surface area contributed by atoms with E-state index in [0.717, 1.165) is 23.4 Å². The molecule has 1 aromatic heterocycles. The summed E-state index contributed by atoms with van der Waals surface area (Å²) in [6, 6.07) is 5.87. The van der Waals surface area contributed by atoms with Gasteiger partial charge in [-0.2, -0.15) is 10.1 Å². The van der Waals surface area contributed by atoms with Crippen molar-refractivity contribution >= 4 is 11.8 Å². The van der Waals surface area contributed by atoms with E-state index < -0.39 is 6.23 Å². The van der Waals surface area contributed by atoms with Crippen molar-refractivity contribution in [2.24, 2.45) is 5.10 Å². The van der Waals surface area contributed by atoms with Gasteiger partial charge < -0.3 is 4.74 Å². The van der Waals surface area contributed by atoms with Gasteiger partial charge in [0.1, 0.15) is 5.82 Å². The highest BCUT2D eigenvalue weighted by Gasteiger charge is 2.32. The number of hydrazone groups is 1. The maximum Gasteiger partial charge on any atom is 0.243 e. The van der Waals surface area contributed by atoms with Crippen LogP contribution in [0.1, 0.15) is 42.1 Å². The number of nitrogens with zero attached hydrogens (tertiary/aromatic N) is 3. The summed E-state index contributed by atoms with van der Waals surface area (Å²) in [5, 5.41) is 12.7. The Bertz CT molecular complexity index is 763. The van der Waals surface area contributed by atoms with Gasteiger partial charge in [-0.05, 0) is 38.0 Å². The number of hydrogen-bond acceptors (Lipinski definition) is 4. The lowest BCUT2D eigenvalue weighted by atomic mass is 10.1. The first-order valence-electron chi connectivity index (χ1n) is 7.75. The van der Waals surface area contributed by atoms with Crippen molar-refractivity contribution in [3.8, 4) is 0 Å². The average Bonchev–Trinajstić information content (AvgIpc) is 3.11. The van der Waals surface area contributed by atoms with E-state index in [1.807, 2.05) is 13.8 Å². The number of hydrogen-bond donors (Lipinski definition) is 1. The SMILES string of the molecule is CC(=O)N1N=C(CCc2c(C)n[nH]c2C)O[C@H]1c1ccc(F)cc1. The predicted octanol–water partition coefficient (Wildman–Crippen LogP) is 2.99. The molecule has 0 radical (unpaired) electrons. The summed E-state index contributed by atoms with van der Waals surface area (Å²) in [4.78, 5) is 11.8. The molecule has 2 heterocycles. The molecule has 1 aliphatic heterocycles. The standard InChI is InChI=1S/C17H19FN4O2/c1-10-15(11(2)20-19-10)8-9-16-21-22(12(3)23)17(24-16)13-4-6-14(18)7-5-13/h4-7,17H,8-9H2,1-3H3,(H,19,20)/t17-/m0/s1. The number of H-pyrrole nitrogens is 1. The Morgan fingerprint density at radius 2 is 2.00 bits per heavy atom. The van der Waals surface area contributed by atoms with Gasteiger partial charge in [-0.3, -0.25) is 9.89 Å². The number of rotatable bonds is 4. The molecule has 1 atom stereocenters. The lowest BCUT2D eigenvalue weighted by Gasteiger charge is -2.19. The van der Waals surface area contributed by atoms with Crippen LogP contribution in [0.25, 0.3) is 0 Å². The minimum atomic E-state index is -0.648. The van der Waals surface area contributed by atoms with Crippen molar-refractivity contribution in [1.82, 2.24) is 15.2 Å². The number of halogens is 1. The Balaban J connectivity index is 1.74. The van der Waals surface area contributed by atoms with Crippen molar-refractivity contribution in [2.45, 2.75) is 39.8 Å². The summed E-state index contributed by atoms with van der Waals surface area (Å²) >= 11 is 0. The Morgan fingerprint density at radius 3 is 2.58 bits per heavy atom. The number of nitrogens with one attached hydrogen (secondary N) is 1. The smallest absolute Gasteiger partial charge is 0.243 e. The van der Waals surface area contributed by atoms with Gasteiger partial charge in [0.15, 0.2) is 0 Å². The van der Waals surface area contributed by atoms with E-state index in [0.29, 0.717) is 17.9 Å². The topological polar surface area (TPSA) is 70.6 Å². The molecule has 0 spiro atoms. The summed E-state index contributed by atoms with van der Waals surface area (Å²) in [7, 11) is 0. The molecule has 24 heavy (non-hydrogen) atoms. The number of aryl methyl sites for hydroxylation is 2. The van der Waals surface area contributed by atoms with Gasteiger partial charge in [0, 0.05) is 24.6 Å². The largest absolute Gasteiger partial charge is 0.449 e. The Kier molecular flexibility index (Phi) is 4.33. The first-order valence-corrected chi connectivity index (χ1v) is 7.75. The van der Waals surface area contributed by atoms with Crippen LogP contribution >= 0.6 is 0 Å². The molecule has 0 aliphatic carbocycles. The molecular weight excluding hydrogens is 311 g/mol. The van der Waals surface area contributed by atoms with Crippen LogP contribution in [0.2, 0.25) is 0 Å². The van der Waals surface area contributed by atoms with Crippen LogP contribution in [-0.4, -0.2) is 27.0 Å². The van der Waals surface area contributed by atoms with Gasteiger partial charge in [0.05, 0.1) is 5.69 Å². The van der Waals surface area contributed by atoms with Gasteiger partial charge in [-0.25, -0.2) is 4.39 Å². The molecule has 6 nitrogen and oxygen atoms in total. The van der Waals surface area contributed by atoms with Crippen LogP contribution < -0.4 is 0 Å². The Labute approximate surface area is 139 Å². The maximum absolute atomic E-state index is 13.1. The number of aromatic amines is 1. The summed E-state index contributed by atoms with van der Waals surface area (Å²) in [6.45, 7) is 5.34. The number of ether oxygens (including phenoxy) is 1. The monoisotopic (exact) mass is 330 g/mol. The molecular formula is C17H19FN4O2. The van der Waals surface area contributed by atoms with E-state index in [1.54, 1.807) is 12.1 Å². The molecule has 1 aliphatic rings. The molecule has 7 heteroatoms. The second kappa shape index (κ2) is 6.43. The maximum atomic E-state index is 13.1. The predicted molar refractivity (Wildman–Crippen MR) is 86.6 cm³/mol. The van der Waals surface area contributed by atoms with E-state index >= 15 is 0 Å². The number of amides is 1. The van der Waals surface area contributed by atoms with Crippen LogP contribution in [0.5, 0.6) is 0 Å². The molecule has 126 valence electrons. The molecule has 1 aromatic carbocycles. The summed E-state index contributed by atoms with van der Waals surface area (Å²) in [5.41, 5.74) is 3.77. The van der Waals surface area contributed by atoms with Gasteiger partial charge in [0.25, 0.3) is 0 Å². The number of carbonyl (C=O) groups excluding carboxylic acids is 1. The van der Waals surface area contributed by atoms with Gasteiger partial charge in [0.2, 0.25) is 18.0 Å². The van der Waals surface area contributed by atoms with Crippen molar-refractivity contribution in [3.05, 3.63) is 52.6 Å². The van der Waals surface area contributed by atoms with Crippen LogP contribution in [0, 0.1) is 19.7 Å². The van der Waals surface area contributed by atoms with Crippen molar-refractivity contribution in [1.29, 1.82) is 0 Å². The highest BCUT2D eigenvalue weighted by atomic mass is 19.1. The third-order valence-electron chi connectivity index (χ3n) is 4.04. The lowest BCUT2D eigenvalue weighted by Crippen LogP contribution is -2.25. The highest BCUT2D eigenvalue weighted by Crippen LogP contribution is 2.29. The summed E-state index contributed by atoms with van der Waals surface area (Å²) in [5.74, 6) is -0.0762. The second-order valence-electron chi connectivity index (χ2n) is 5.79. The van der Waals surface area contributed by atoms with Crippen LogP contribution in [0.4, 0.5) is 4.39 Å². The average molecular weight is 330 g/mol. The van der Waals surface area contributed by atoms with Crippen LogP contribution in [0.15, 0.2) is 29.4 Å². The third-order valence-corrected chi connectivity index (χ3v) is 4.04. The molecule has 3 rings (SSSR count). The zero-order valence-electron chi connectivity index (χ0n) is 13.8. The quantitative estimate of drug-likeness (QED) is 0.937. The third kappa shape index (κ3) is 3.15. The van der Waals surface area contributed by atoms with Gasteiger partial charge in [-0.1, -0.05) is 12.1 Å². The van der Waals surface area contributed by atoms with Crippen molar-refractivity contribution in [2.75, 3.05) is 0 Å². The Morgan fingerprint density at radius 1 is 1.29 bits per heavy atom. The van der Waals surface area contributed by atoms with E-state index in [2.05, 4.69) is 15.3 Å². The van der Waals surface area contributed by atoms with Crippen molar-refractivity contribution in [3.63, 3.8) is 0 Å². The van der Waals surface area contributed by atoms with E-state index in [9.17, 15) is 9.18 Å². The fourth-order valence-electron chi connectivity index (χ4n) is 2.73. The molecule has 0 saturated heterocycles. The first kappa shape index (κ1) is 16.2. The van der Waals surface area contributed by atoms with E-state index in [-0.39, 0.29) is 11.7 Å². The van der Waals surface area contributed by atoms with Crippen LogP contribution in [-0.2, 0) is 16.0 Å². The van der Waals surface area contributed by atoms with Gasteiger partial charge in [-0.15, -0.1) is 5.10 Å². The fourth-order valence-corrected chi connectivity index (χ4v) is 2.73. The highest BCUT2D eigenvalue weighted by molar-refractivity contribution is 5.82. The number of benzene rings is 1. The van der Waals surface area contributed by atoms with Crippen LogP contribution in [0.3, 0.4) is 0 Å². The number of carbonyl (C=O) groups is 1. The lowest BCUT2D eigenvalue weighted by molar-refractivity contribution is -0.135. The summed E-state index contributed by atoms with van der Waals surface area (Å²) in [6.07, 6.45) is 0.627. The molecule has 2 aromatic rings. The zero-order valence-corrected chi connectivity index (χ0v) is 13.8. The van der Waals surface area contributed by atoms with Gasteiger partial charge >= 0.3 is 0 Å². The minimum Gasteiger partial charge on any atom is -0.449 e. The number of aromatic nitrogens is 2. The normalized spacial score (nSPS) is 16.9. The summed E-state index contributed by atoms with van der Waals surface area (Å²) < 4.78 is 18.9. The fraction of sp³-hybridized carbons (Fsp3) is 0.353. The second-order valence-corrected chi connectivity index (χ2v) is 5.79. The van der Waals surface area contributed by atoms with E-state index in [4.69, 9.17) is 4.74 Å². The molecule has 0 unspecified atom stereocenters. The molecule has 0 fully saturated rings. The molecule has 0 bridgehead atoms. The molecule has 1 N–H and O–H groups in total. The molecule has 1 amide bonds. The minimum absolute atomic E-state index is 0.227. The Hall–Kier alpha value is -2.70. The van der Waals surface area contributed by atoms with Crippen molar-refractivity contribution < 1.29 is 13.9 Å².